The summed E-state index contributed by atoms with van der Waals surface area (Å²) in [5.74, 6) is 0.0469. The Morgan fingerprint density at radius 2 is 1.85 bits per heavy atom. The Bertz CT molecular complexity index is 811. The fraction of sp³-hybridized carbons (Fsp3) is 0.0588. The lowest BCUT2D eigenvalue weighted by Gasteiger charge is -2.05. The van der Waals surface area contributed by atoms with Gasteiger partial charge in [0.2, 0.25) is 0 Å². The molecule has 20 heavy (non-hydrogen) atoms. The normalized spacial score (nSPS) is 10.7. The number of pyridine rings is 1. The molecule has 1 aromatic heterocycles. The number of Topliss-reactive ketones (excluding diaryl/α,β-unsaturated/α-hetero) is 1. The highest BCUT2D eigenvalue weighted by molar-refractivity contribution is 6.35. The summed E-state index contributed by atoms with van der Waals surface area (Å²) in [6, 6.07) is 17.1. The molecule has 3 heteroatoms. The number of hydrogen-bond donors (Lipinski definition) is 0. The van der Waals surface area contributed by atoms with Crippen LogP contribution < -0.4 is 0 Å². The SMILES string of the molecule is CC(=O)c1cccc(-c2ccc3cccc(Cl)c3n2)c1. The van der Waals surface area contributed by atoms with Gasteiger partial charge in [-0.15, -0.1) is 0 Å². The zero-order valence-corrected chi connectivity index (χ0v) is 11.7. The van der Waals surface area contributed by atoms with Gasteiger partial charge < -0.3 is 0 Å². The fourth-order valence-corrected chi connectivity index (χ4v) is 2.39. The second-order valence-electron chi connectivity index (χ2n) is 4.65. The van der Waals surface area contributed by atoms with Gasteiger partial charge in [-0.1, -0.05) is 48.0 Å². The molecule has 0 aliphatic carbocycles. The molecule has 0 radical (unpaired) electrons. The molecule has 0 saturated carbocycles. The van der Waals surface area contributed by atoms with E-state index in [1.54, 1.807) is 13.0 Å². The van der Waals surface area contributed by atoms with E-state index in [0.29, 0.717) is 10.6 Å². The van der Waals surface area contributed by atoms with Crippen molar-refractivity contribution in [2.75, 3.05) is 0 Å². The molecule has 0 bridgehead atoms. The summed E-state index contributed by atoms with van der Waals surface area (Å²) in [6.07, 6.45) is 0. The molecule has 0 fully saturated rings. The number of fused-ring (bicyclic) bond motifs is 1. The number of para-hydroxylation sites is 1. The number of halogens is 1. The molecule has 0 amide bonds. The summed E-state index contributed by atoms with van der Waals surface area (Å²) in [5.41, 5.74) is 3.19. The summed E-state index contributed by atoms with van der Waals surface area (Å²) in [5, 5.41) is 1.64. The van der Waals surface area contributed by atoms with E-state index in [1.165, 1.54) is 0 Å². The average Bonchev–Trinajstić information content (AvgIpc) is 2.47. The Kier molecular flexibility index (Phi) is 3.25. The molecule has 2 nitrogen and oxygen atoms in total. The van der Waals surface area contributed by atoms with Crippen molar-refractivity contribution in [2.45, 2.75) is 6.92 Å². The Hall–Kier alpha value is -2.19. The summed E-state index contributed by atoms with van der Waals surface area (Å²) in [6.45, 7) is 1.56. The van der Waals surface area contributed by atoms with Crippen molar-refractivity contribution in [2.24, 2.45) is 0 Å². The first-order valence-electron chi connectivity index (χ1n) is 6.32. The summed E-state index contributed by atoms with van der Waals surface area (Å²) in [4.78, 5) is 16.1. The van der Waals surface area contributed by atoms with Crippen LogP contribution in [-0.4, -0.2) is 10.8 Å². The lowest BCUT2D eigenvalue weighted by molar-refractivity contribution is 0.101. The molecular formula is C17H12ClNO. The van der Waals surface area contributed by atoms with Crippen LogP contribution in [-0.2, 0) is 0 Å². The number of hydrogen-bond acceptors (Lipinski definition) is 2. The van der Waals surface area contributed by atoms with Gasteiger partial charge in [-0.05, 0) is 25.1 Å². The van der Waals surface area contributed by atoms with Gasteiger partial charge in [0, 0.05) is 16.5 Å². The Morgan fingerprint density at radius 3 is 2.65 bits per heavy atom. The number of carbonyl (C=O) groups excluding carboxylic acids is 1. The summed E-state index contributed by atoms with van der Waals surface area (Å²) in [7, 11) is 0. The molecule has 0 atom stereocenters. The average molecular weight is 282 g/mol. The molecule has 1 heterocycles. The highest BCUT2D eigenvalue weighted by atomic mass is 35.5. The lowest BCUT2D eigenvalue weighted by Crippen LogP contribution is -1.93. The number of ketones is 1. The van der Waals surface area contributed by atoms with E-state index < -0.39 is 0 Å². The predicted molar refractivity (Wildman–Crippen MR) is 82.2 cm³/mol. The maximum Gasteiger partial charge on any atom is 0.159 e. The molecule has 0 aliphatic rings. The molecule has 3 rings (SSSR count). The standard InChI is InChI=1S/C17H12ClNO/c1-11(20)13-5-2-6-14(10-13)16-9-8-12-4-3-7-15(18)17(12)19-16/h2-10H,1H3. The molecule has 0 N–H and O–H groups in total. The van der Waals surface area contributed by atoms with Crippen molar-refractivity contribution < 1.29 is 4.79 Å². The van der Waals surface area contributed by atoms with Crippen LogP contribution in [0.25, 0.3) is 22.2 Å². The molecule has 0 unspecified atom stereocenters. The van der Waals surface area contributed by atoms with Crippen LogP contribution in [0.4, 0.5) is 0 Å². The van der Waals surface area contributed by atoms with Crippen molar-refractivity contribution in [3.63, 3.8) is 0 Å². The van der Waals surface area contributed by atoms with Gasteiger partial charge in [-0.2, -0.15) is 0 Å². The van der Waals surface area contributed by atoms with E-state index in [-0.39, 0.29) is 5.78 Å². The van der Waals surface area contributed by atoms with Crippen LogP contribution in [0.5, 0.6) is 0 Å². The second kappa shape index (κ2) is 5.06. The minimum Gasteiger partial charge on any atom is -0.295 e. The third-order valence-corrected chi connectivity index (χ3v) is 3.54. The Morgan fingerprint density at radius 1 is 1.05 bits per heavy atom. The van der Waals surface area contributed by atoms with Gasteiger partial charge >= 0.3 is 0 Å². The molecule has 0 spiro atoms. The predicted octanol–water partition coefficient (Wildman–Crippen LogP) is 4.76. The Labute approximate surface area is 122 Å². The first-order chi connectivity index (χ1) is 9.65. The van der Waals surface area contributed by atoms with Crippen LogP contribution in [0, 0.1) is 0 Å². The fourth-order valence-electron chi connectivity index (χ4n) is 2.17. The van der Waals surface area contributed by atoms with Crippen molar-refractivity contribution in [1.29, 1.82) is 0 Å². The third kappa shape index (κ3) is 2.30. The minimum atomic E-state index is 0.0469. The van der Waals surface area contributed by atoms with E-state index in [0.717, 1.165) is 22.2 Å². The zero-order chi connectivity index (χ0) is 14.1. The summed E-state index contributed by atoms with van der Waals surface area (Å²) < 4.78 is 0. The van der Waals surface area contributed by atoms with Gasteiger partial charge in [-0.3, -0.25) is 4.79 Å². The number of rotatable bonds is 2. The van der Waals surface area contributed by atoms with Gasteiger partial charge in [0.05, 0.1) is 16.2 Å². The minimum absolute atomic E-state index is 0.0469. The quantitative estimate of drug-likeness (QED) is 0.634. The lowest BCUT2D eigenvalue weighted by atomic mass is 10.0. The number of aromatic nitrogens is 1. The van der Waals surface area contributed by atoms with E-state index in [4.69, 9.17) is 11.6 Å². The first-order valence-corrected chi connectivity index (χ1v) is 6.69. The van der Waals surface area contributed by atoms with E-state index in [2.05, 4.69) is 4.98 Å². The first kappa shape index (κ1) is 12.8. The maximum absolute atomic E-state index is 11.5. The third-order valence-electron chi connectivity index (χ3n) is 3.24. The summed E-state index contributed by atoms with van der Waals surface area (Å²) >= 11 is 6.18. The van der Waals surface area contributed by atoms with E-state index in [9.17, 15) is 4.79 Å². The van der Waals surface area contributed by atoms with Crippen molar-refractivity contribution >= 4 is 28.3 Å². The van der Waals surface area contributed by atoms with Crippen LogP contribution >= 0.6 is 11.6 Å². The highest BCUT2D eigenvalue weighted by Gasteiger charge is 2.06. The van der Waals surface area contributed by atoms with Gasteiger partial charge in [0.15, 0.2) is 5.78 Å². The zero-order valence-electron chi connectivity index (χ0n) is 10.9. The largest absolute Gasteiger partial charge is 0.295 e. The van der Waals surface area contributed by atoms with Crippen LogP contribution in [0.15, 0.2) is 54.6 Å². The monoisotopic (exact) mass is 281 g/mol. The van der Waals surface area contributed by atoms with Gasteiger partial charge in [0.1, 0.15) is 0 Å². The topological polar surface area (TPSA) is 30.0 Å². The van der Waals surface area contributed by atoms with Crippen molar-refractivity contribution in [1.82, 2.24) is 4.98 Å². The molecule has 3 aromatic rings. The number of nitrogens with zero attached hydrogens (tertiary/aromatic N) is 1. The van der Waals surface area contributed by atoms with Crippen LogP contribution in [0.2, 0.25) is 5.02 Å². The van der Waals surface area contributed by atoms with Crippen molar-refractivity contribution in [3.05, 3.63) is 65.2 Å². The smallest absolute Gasteiger partial charge is 0.159 e. The van der Waals surface area contributed by atoms with Gasteiger partial charge in [0.25, 0.3) is 0 Å². The molecular weight excluding hydrogens is 270 g/mol. The highest BCUT2D eigenvalue weighted by Crippen LogP contribution is 2.26. The molecule has 98 valence electrons. The number of benzene rings is 2. The Balaban J connectivity index is 2.17. The van der Waals surface area contributed by atoms with Crippen molar-refractivity contribution in [3.8, 4) is 11.3 Å². The van der Waals surface area contributed by atoms with Gasteiger partial charge in [-0.25, -0.2) is 4.98 Å². The van der Waals surface area contributed by atoms with Crippen LogP contribution in [0.3, 0.4) is 0 Å². The maximum atomic E-state index is 11.5. The molecule has 0 saturated heterocycles. The van der Waals surface area contributed by atoms with Crippen LogP contribution in [0.1, 0.15) is 17.3 Å². The van der Waals surface area contributed by atoms with E-state index in [1.807, 2.05) is 48.5 Å². The number of carbonyl (C=O) groups is 1. The molecule has 2 aromatic carbocycles. The second-order valence-corrected chi connectivity index (χ2v) is 5.05. The van der Waals surface area contributed by atoms with E-state index >= 15 is 0 Å². The molecule has 0 aliphatic heterocycles.